The molecule has 1 atom stereocenters. The lowest BCUT2D eigenvalue weighted by Crippen LogP contribution is -2.39. The molecule has 1 N–H and O–H groups in total. The van der Waals surface area contributed by atoms with Crippen molar-refractivity contribution in [3.63, 3.8) is 0 Å². The van der Waals surface area contributed by atoms with Gasteiger partial charge in [0.2, 0.25) is 17.7 Å². The number of hydrogen-bond acceptors (Lipinski definition) is 10. The van der Waals surface area contributed by atoms with Gasteiger partial charge in [0.1, 0.15) is 5.01 Å². The summed E-state index contributed by atoms with van der Waals surface area (Å²) in [5.41, 5.74) is 4.74. The number of halogens is 2. The lowest BCUT2D eigenvalue weighted by Gasteiger charge is -2.34. The summed E-state index contributed by atoms with van der Waals surface area (Å²) in [6, 6.07) is 12.5. The fraction of sp³-hybridized carbons (Fsp3) is 0.364. The zero-order valence-electron chi connectivity index (χ0n) is 34.0. The highest BCUT2D eigenvalue weighted by atomic mass is 32.1. The third kappa shape index (κ3) is 7.55. The molecule has 9 rings (SSSR count). The van der Waals surface area contributed by atoms with Crippen LogP contribution in [0.2, 0.25) is 0 Å². The van der Waals surface area contributed by atoms with Gasteiger partial charge in [-0.3, -0.25) is 33.9 Å². The second-order valence-corrected chi connectivity index (χ2v) is 17.1. The number of thiazole rings is 1. The Bertz CT molecular complexity index is 2750. The van der Waals surface area contributed by atoms with Crippen LogP contribution in [0.15, 0.2) is 60.9 Å². The van der Waals surface area contributed by atoms with Crippen molar-refractivity contribution in [3.8, 4) is 11.1 Å². The number of hydrogen-bond donors (Lipinski definition) is 1. The van der Waals surface area contributed by atoms with Crippen LogP contribution < -0.4 is 10.2 Å². The third-order valence-corrected chi connectivity index (χ3v) is 13.2. The monoisotopic (exact) mass is 846 g/mol. The molecular formula is C44H44F2N10O4S. The van der Waals surface area contributed by atoms with E-state index < -0.39 is 17.6 Å². The predicted octanol–water partition coefficient (Wildman–Crippen LogP) is 6.03. The number of piperidine rings is 2. The van der Waals surface area contributed by atoms with Crippen molar-refractivity contribution in [2.24, 2.45) is 7.05 Å². The number of aryl methyl sites for hydroxylation is 2. The number of carbonyl (C=O) groups is 4. The van der Waals surface area contributed by atoms with Crippen molar-refractivity contribution in [2.45, 2.75) is 56.9 Å². The van der Waals surface area contributed by atoms with Gasteiger partial charge in [0.05, 0.1) is 45.8 Å². The summed E-state index contributed by atoms with van der Waals surface area (Å²) in [4.78, 5) is 61.4. The maximum absolute atomic E-state index is 16.5. The second kappa shape index (κ2) is 16.2. The number of imide groups is 1. The minimum absolute atomic E-state index is 0.0172. The molecule has 314 valence electrons. The smallest absolute Gasteiger partial charge is 0.253 e. The van der Waals surface area contributed by atoms with Gasteiger partial charge in [-0.2, -0.15) is 5.10 Å². The van der Waals surface area contributed by atoms with Crippen LogP contribution in [-0.4, -0.2) is 103 Å². The minimum Gasteiger partial charge on any atom is -0.370 e. The quantitative estimate of drug-likeness (QED) is 0.172. The van der Waals surface area contributed by atoms with Gasteiger partial charge in [0, 0.05) is 94.0 Å². The Balaban J connectivity index is 0.965. The molecule has 14 nitrogen and oxygen atoms in total. The second-order valence-electron chi connectivity index (χ2n) is 16.1. The highest BCUT2D eigenvalue weighted by molar-refractivity contribution is 7.19. The fourth-order valence-electron chi connectivity index (χ4n) is 8.92. The molecule has 3 aliphatic heterocycles. The molecule has 61 heavy (non-hydrogen) atoms. The molecule has 3 aliphatic rings. The Labute approximate surface area is 353 Å². The summed E-state index contributed by atoms with van der Waals surface area (Å²) in [5.74, 6) is -3.58. The number of anilines is 1. The Morgan fingerprint density at radius 1 is 1.00 bits per heavy atom. The number of nitrogens with one attached hydrogen (secondary N) is 1. The van der Waals surface area contributed by atoms with E-state index >= 15 is 8.78 Å². The van der Waals surface area contributed by atoms with Crippen LogP contribution in [0.5, 0.6) is 0 Å². The molecule has 0 spiro atoms. The number of fused-ring (bicyclic) bond motifs is 2. The minimum atomic E-state index is -0.994. The summed E-state index contributed by atoms with van der Waals surface area (Å²) in [5, 5.41) is 16.4. The maximum atomic E-state index is 16.5. The van der Waals surface area contributed by atoms with Gasteiger partial charge in [-0.05, 0) is 55.4 Å². The third-order valence-electron chi connectivity index (χ3n) is 12.1. The van der Waals surface area contributed by atoms with E-state index in [1.807, 2.05) is 25.2 Å². The van der Waals surface area contributed by atoms with Crippen molar-refractivity contribution in [1.82, 2.24) is 44.9 Å². The molecule has 0 saturated carbocycles. The standard InChI is InChI=1S/C44H44F2N10O4S/c1-52(2)44(60)27-22-32(40-34(23-27)61-43(49-40)26-6-5-17-55(24-26)36(58)15-20-56-21-16-47-51-56)29-10-9-28(37(45)38(29)46)25-13-18-54(19-14-25)33-8-4-7-30-39(50-53(3)41(30)33)31-11-12-35(57)48-42(31)59/h4,6-10,16,21-23,25,31H,5,11-15,17-20,24H2,1-3H3,(H,48,57,59). The molecule has 2 saturated heterocycles. The predicted molar refractivity (Wildman–Crippen MR) is 227 cm³/mol. The van der Waals surface area contributed by atoms with E-state index in [1.165, 1.54) is 16.2 Å². The maximum Gasteiger partial charge on any atom is 0.253 e. The average Bonchev–Trinajstić information content (AvgIpc) is 4.03. The molecule has 17 heteroatoms. The van der Waals surface area contributed by atoms with Crippen molar-refractivity contribution >= 4 is 67.3 Å². The summed E-state index contributed by atoms with van der Waals surface area (Å²) >= 11 is 1.36. The van der Waals surface area contributed by atoms with Gasteiger partial charge < -0.3 is 14.7 Å². The van der Waals surface area contributed by atoms with Crippen molar-refractivity contribution in [2.75, 3.05) is 45.2 Å². The number of amides is 4. The van der Waals surface area contributed by atoms with Crippen LogP contribution >= 0.6 is 11.3 Å². The van der Waals surface area contributed by atoms with E-state index in [4.69, 9.17) is 10.1 Å². The number of rotatable bonds is 9. The summed E-state index contributed by atoms with van der Waals surface area (Å²) in [7, 11) is 5.12. The van der Waals surface area contributed by atoms with Crippen LogP contribution in [0.3, 0.4) is 0 Å². The van der Waals surface area contributed by atoms with Crippen LogP contribution in [0.25, 0.3) is 37.8 Å². The van der Waals surface area contributed by atoms with E-state index in [0.29, 0.717) is 96.0 Å². The van der Waals surface area contributed by atoms with Crippen LogP contribution in [0, 0.1) is 11.6 Å². The Hall–Kier alpha value is -6.36. The highest BCUT2D eigenvalue weighted by Crippen LogP contribution is 2.42. The Morgan fingerprint density at radius 3 is 2.57 bits per heavy atom. The van der Waals surface area contributed by atoms with Crippen LogP contribution in [0.1, 0.15) is 77.0 Å². The first-order valence-electron chi connectivity index (χ1n) is 20.4. The molecule has 0 aliphatic carbocycles. The molecule has 1 unspecified atom stereocenters. The molecule has 6 aromatic rings. The average molecular weight is 847 g/mol. The van der Waals surface area contributed by atoms with Crippen molar-refractivity contribution < 1.29 is 28.0 Å². The number of para-hydroxylation sites is 1. The molecule has 4 amide bonds. The fourth-order valence-corrected chi connectivity index (χ4v) is 9.98. The highest BCUT2D eigenvalue weighted by Gasteiger charge is 2.34. The number of carbonyl (C=O) groups excluding carboxylic acids is 4. The number of aromatic nitrogens is 6. The molecule has 3 aromatic carbocycles. The zero-order chi connectivity index (χ0) is 42.5. The molecule has 6 heterocycles. The normalized spacial score (nSPS) is 17.6. The van der Waals surface area contributed by atoms with Gasteiger partial charge in [-0.25, -0.2) is 13.8 Å². The number of benzene rings is 3. The van der Waals surface area contributed by atoms with Gasteiger partial charge >= 0.3 is 0 Å². The summed E-state index contributed by atoms with van der Waals surface area (Å²) < 4.78 is 37.0. The summed E-state index contributed by atoms with van der Waals surface area (Å²) in [6.45, 7) is 2.51. The molecule has 0 radical (unpaired) electrons. The van der Waals surface area contributed by atoms with Crippen LogP contribution in [0.4, 0.5) is 14.5 Å². The first-order chi connectivity index (χ1) is 29.4. The van der Waals surface area contributed by atoms with E-state index in [1.54, 1.807) is 65.0 Å². The van der Waals surface area contributed by atoms with E-state index in [9.17, 15) is 19.2 Å². The first-order valence-corrected chi connectivity index (χ1v) is 21.3. The van der Waals surface area contributed by atoms with E-state index in [-0.39, 0.29) is 48.0 Å². The molecule has 3 aromatic heterocycles. The lowest BCUT2D eigenvalue weighted by atomic mass is 9.87. The van der Waals surface area contributed by atoms with Crippen molar-refractivity contribution in [3.05, 3.63) is 94.4 Å². The first kappa shape index (κ1) is 40.1. The van der Waals surface area contributed by atoms with E-state index in [0.717, 1.165) is 22.2 Å². The van der Waals surface area contributed by atoms with Crippen molar-refractivity contribution in [1.29, 1.82) is 0 Å². The molecule has 0 bridgehead atoms. The van der Waals surface area contributed by atoms with Gasteiger partial charge in [-0.15, -0.1) is 16.4 Å². The Morgan fingerprint density at radius 2 is 1.82 bits per heavy atom. The zero-order valence-corrected chi connectivity index (χ0v) is 34.8. The van der Waals surface area contributed by atoms with Gasteiger partial charge in [-0.1, -0.05) is 35.6 Å². The molecular weight excluding hydrogens is 803 g/mol. The summed E-state index contributed by atoms with van der Waals surface area (Å²) in [6.07, 6.45) is 8.06. The Kier molecular flexibility index (Phi) is 10.7. The lowest BCUT2D eigenvalue weighted by molar-refractivity contribution is -0.134. The topological polar surface area (TPSA) is 151 Å². The van der Waals surface area contributed by atoms with Crippen LogP contribution in [-0.2, 0) is 28.0 Å². The van der Waals surface area contributed by atoms with Gasteiger partial charge in [0.15, 0.2) is 11.6 Å². The van der Waals surface area contributed by atoms with Gasteiger partial charge in [0.25, 0.3) is 5.91 Å². The van der Waals surface area contributed by atoms with E-state index in [2.05, 4.69) is 26.6 Å². The largest absolute Gasteiger partial charge is 0.370 e. The molecule has 2 fully saturated rings. The number of nitrogens with zero attached hydrogens (tertiary/aromatic N) is 9. The SMILES string of the molecule is CN(C)C(=O)c1cc(-c2ccc(C3CCN(c4cccc5c(C6CCC(=O)NC6=O)nn(C)c45)CC3)c(F)c2F)c2nc(C3=CCCN(C(=O)CCn4ccnn4)C3)sc2c1.